The van der Waals surface area contributed by atoms with Crippen molar-refractivity contribution < 1.29 is 14.3 Å². The van der Waals surface area contributed by atoms with E-state index in [1.807, 2.05) is 50.2 Å². The van der Waals surface area contributed by atoms with Gasteiger partial charge in [-0.25, -0.2) is 0 Å². The first-order valence-electron chi connectivity index (χ1n) is 8.91. The number of para-hydroxylation sites is 2. The molecule has 0 aliphatic carbocycles. The van der Waals surface area contributed by atoms with Crippen LogP contribution in [0.25, 0.3) is 0 Å². The number of rotatable bonds is 8. The lowest BCUT2D eigenvalue weighted by molar-refractivity contribution is -0.123. The minimum absolute atomic E-state index is 0.0357. The number of nitrogens with one attached hydrogen (secondary N) is 1. The van der Waals surface area contributed by atoms with Crippen molar-refractivity contribution in [1.29, 1.82) is 0 Å². The molecule has 0 aromatic heterocycles. The van der Waals surface area contributed by atoms with Crippen LogP contribution in [0.3, 0.4) is 0 Å². The molecule has 0 saturated heterocycles. The number of amides is 2. The first kappa shape index (κ1) is 20.8. The number of halogens is 1. The van der Waals surface area contributed by atoms with E-state index in [1.165, 1.54) is 11.8 Å². The van der Waals surface area contributed by atoms with Gasteiger partial charge in [0.05, 0.1) is 11.8 Å². The maximum atomic E-state index is 12.4. The van der Waals surface area contributed by atoms with Crippen molar-refractivity contribution in [2.24, 2.45) is 0 Å². The van der Waals surface area contributed by atoms with Gasteiger partial charge in [0.2, 0.25) is 11.8 Å². The summed E-state index contributed by atoms with van der Waals surface area (Å²) in [6.45, 7) is 5.67. The second-order valence-corrected chi connectivity index (χ2v) is 6.91. The van der Waals surface area contributed by atoms with Gasteiger partial charge in [0.25, 0.3) is 0 Å². The molecule has 2 rings (SSSR count). The molecule has 144 valence electrons. The first-order chi connectivity index (χ1) is 12.9. The van der Waals surface area contributed by atoms with Crippen LogP contribution < -0.4 is 15.0 Å². The molecule has 6 heteroatoms. The molecule has 0 radical (unpaired) electrons. The van der Waals surface area contributed by atoms with Crippen LogP contribution in [0.15, 0.2) is 48.5 Å². The lowest BCUT2D eigenvalue weighted by Gasteiger charge is -2.24. The Balaban J connectivity index is 1.99. The summed E-state index contributed by atoms with van der Waals surface area (Å²) in [4.78, 5) is 25.9. The first-order valence-corrected chi connectivity index (χ1v) is 9.29. The van der Waals surface area contributed by atoms with Gasteiger partial charge in [-0.15, -0.1) is 0 Å². The second kappa shape index (κ2) is 9.97. The van der Waals surface area contributed by atoms with Gasteiger partial charge in [0.1, 0.15) is 12.3 Å². The van der Waals surface area contributed by atoms with Crippen LogP contribution in [0.2, 0.25) is 5.02 Å². The lowest BCUT2D eigenvalue weighted by Crippen LogP contribution is -2.40. The summed E-state index contributed by atoms with van der Waals surface area (Å²) < 4.78 is 5.77. The van der Waals surface area contributed by atoms with Crippen LogP contribution >= 0.6 is 11.6 Å². The Morgan fingerprint density at radius 2 is 1.89 bits per heavy atom. The largest absolute Gasteiger partial charge is 0.489 e. The molecule has 0 unspecified atom stereocenters. The second-order valence-electron chi connectivity index (χ2n) is 6.47. The van der Waals surface area contributed by atoms with Gasteiger partial charge in [-0.05, 0) is 50.1 Å². The van der Waals surface area contributed by atoms with E-state index >= 15 is 0 Å². The van der Waals surface area contributed by atoms with E-state index < -0.39 is 0 Å². The Bertz CT molecular complexity index is 793. The van der Waals surface area contributed by atoms with E-state index in [0.29, 0.717) is 29.4 Å². The number of anilines is 1. The van der Waals surface area contributed by atoms with Gasteiger partial charge in [0, 0.05) is 18.5 Å². The minimum atomic E-state index is -0.230. The van der Waals surface area contributed by atoms with Crippen LogP contribution in [0, 0.1) is 0 Å². The van der Waals surface area contributed by atoms with Crippen molar-refractivity contribution in [2.75, 3.05) is 18.0 Å². The molecule has 0 heterocycles. The minimum Gasteiger partial charge on any atom is -0.489 e. The number of hydrogen-bond acceptors (Lipinski definition) is 3. The SMILES string of the molecule is CC(=O)N(CC(=O)NCCc1cccc(Cl)c1)c1ccccc1OC(C)C. The molecule has 0 aliphatic rings. The fourth-order valence-corrected chi connectivity index (χ4v) is 2.85. The normalized spacial score (nSPS) is 10.6. The Labute approximate surface area is 165 Å². The van der Waals surface area contributed by atoms with E-state index in [9.17, 15) is 9.59 Å². The van der Waals surface area contributed by atoms with Crippen LogP contribution in [0.1, 0.15) is 26.3 Å². The highest BCUT2D eigenvalue weighted by molar-refractivity contribution is 6.30. The number of ether oxygens (including phenoxy) is 1. The third kappa shape index (κ3) is 6.61. The van der Waals surface area contributed by atoms with Crippen molar-refractivity contribution in [2.45, 2.75) is 33.3 Å². The zero-order valence-corrected chi connectivity index (χ0v) is 16.6. The Morgan fingerprint density at radius 3 is 2.56 bits per heavy atom. The monoisotopic (exact) mass is 388 g/mol. The van der Waals surface area contributed by atoms with Crippen molar-refractivity contribution in [3.63, 3.8) is 0 Å². The molecule has 0 aliphatic heterocycles. The van der Waals surface area contributed by atoms with E-state index in [0.717, 1.165) is 5.56 Å². The van der Waals surface area contributed by atoms with E-state index in [4.69, 9.17) is 16.3 Å². The highest BCUT2D eigenvalue weighted by Gasteiger charge is 2.19. The summed E-state index contributed by atoms with van der Waals surface area (Å²) in [5.74, 6) is 0.126. The molecular weight excluding hydrogens is 364 g/mol. The Morgan fingerprint density at radius 1 is 1.15 bits per heavy atom. The van der Waals surface area contributed by atoms with Gasteiger partial charge in [-0.2, -0.15) is 0 Å². The van der Waals surface area contributed by atoms with Crippen LogP contribution in [-0.4, -0.2) is 31.0 Å². The number of nitrogens with zero attached hydrogens (tertiary/aromatic N) is 1. The molecule has 0 atom stereocenters. The van der Waals surface area contributed by atoms with Crippen LogP contribution in [-0.2, 0) is 16.0 Å². The highest BCUT2D eigenvalue weighted by Crippen LogP contribution is 2.29. The molecule has 0 bridgehead atoms. The Hall–Kier alpha value is -2.53. The molecule has 27 heavy (non-hydrogen) atoms. The molecule has 2 aromatic carbocycles. The number of carbonyl (C=O) groups excluding carboxylic acids is 2. The van der Waals surface area contributed by atoms with Crippen molar-refractivity contribution in [3.05, 3.63) is 59.1 Å². The van der Waals surface area contributed by atoms with Gasteiger partial charge in [0.15, 0.2) is 0 Å². The zero-order valence-electron chi connectivity index (χ0n) is 15.9. The van der Waals surface area contributed by atoms with Gasteiger partial charge in [-0.1, -0.05) is 35.9 Å². The average molecular weight is 389 g/mol. The van der Waals surface area contributed by atoms with Gasteiger partial charge >= 0.3 is 0 Å². The third-order valence-electron chi connectivity index (χ3n) is 3.83. The quantitative estimate of drug-likeness (QED) is 0.747. The lowest BCUT2D eigenvalue weighted by atomic mass is 10.1. The summed E-state index contributed by atoms with van der Waals surface area (Å²) in [5.41, 5.74) is 1.63. The van der Waals surface area contributed by atoms with Crippen molar-refractivity contribution >= 4 is 29.1 Å². The topological polar surface area (TPSA) is 58.6 Å². The average Bonchev–Trinajstić information content (AvgIpc) is 2.60. The smallest absolute Gasteiger partial charge is 0.240 e. The number of hydrogen-bond donors (Lipinski definition) is 1. The molecular formula is C21H25ClN2O3. The fourth-order valence-electron chi connectivity index (χ4n) is 2.64. The summed E-state index contributed by atoms with van der Waals surface area (Å²) in [6, 6.07) is 14.7. The van der Waals surface area contributed by atoms with Crippen molar-refractivity contribution in [1.82, 2.24) is 5.32 Å². The third-order valence-corrected chi connectivity index (χ3v) is 4.06. The van der Waals surface area contributed by atoms with Crippen molar-refractivity contribution in [3.8, 4) is 5.75 Å². The molecule has 2 aromatic rings. The number of carbonyl (C=O) groups is 2. The summed E-state index contributed by atoms with van der Waals surface area (Å²) in [6.07, 6.45) is 0.630. The van der Waals surface area contributed by atoms with Gasteiger partial charge in [-0.3, -0.25) is 14.5 Å². The Kier molecular flexibility index (Phi) is 7.67. The molecule has 1 N–H and O–H groups in total. The summed E-state index contributed by atoms with van der Waals surface area (Å²) in [7, 11) is 0. The molecule has 5 nitrogen and oxygen atoms in total. The molecule has 0 fully saturated rings. The van der Waals surface area contributed by atoms with E-state index in [1.54, 1.807) is 12.1 Å². The standard InChI is InChI=1S/C21H25ClN2O3/c1-15(2)27-20-10-5-4-9-19(20)24(16(3)25)14-21(26)23-12-11-17-7-6-8-18(22)13-17/h4-10,13,15H,11-12,14H2,1-3H3,(H,23,26). The predicted molar refractivity (Wildman–Crippen MR) is 108 cm³/mol. The molecule has 0 saturated carbocycles. The number of benzene rings is 2. The predicted octanol–water partition coefficient (Wildman–Crippen LogP) is 3.84. The highest BCUT2D eigenvalue weighted by atomic mass is 35.5. The summed E-state index contributed by atoms with van der Waals surface area (Å²) in [5, 5.41) is 3.52. The zero-order chi connectivity index (χ0) is 19.8. The van der Waals surface area contributed by atoms with E-state index in [2.05, 4.69) is 5.32 Å². The maximum Gasteiger partial charge on any atom is 0.240 e. The van der Waals surface area contributed by atoms with Gasteiger partial charge < -0.3 is 10.1 Å². The molecule has 0 spiro atoms. The molecule has 2 amide bonds. The summed E-state index contributed by atoms with van der Waals surface area (Å²) >= 11 is 5.97. The van der Waals surface area contributed by atoms with E-state index in [-0.39, 0.29) is 24.5 Å². The van der Waals surface area contributed by atoms with Crippen LogP contribution in [0.5, 0.6) is 5.75 Å². The van der Waals surface area contributed by atoms with Crippen LogP contribution in [0.4, 0.5) is 5.69 Å². The maximum absolute atomic E-state index is 12.4. The fraction of sp³-hybridized carbons (Fsp3) is 0.333.